The molecule has 1 atom stereocenters. The van der Waals surface area contributed by atoms with Gasteiger partial charge in [-0.1, -0.05) is 28.8 Å². The van der Waals surface area contributed by atoms with Crippen molar-refractivity contribution in [3.63, 3.8) is 0 Å². The summed E-state index contributed by atoms with van der Waals surface area (Å²) in [6.07, 6.45) is 2.22. The first-order valence-electron chi connectivity index (χ1n) is 4.26. The van der Waals surface area contributed by atoms with Gasteiger partial charge in [-0.3, -0.25) is 8.93 Å². The van der Waals surface area contributed by atoms with Crippen molar-refractivity contribution < 1.29 is 17.2 Å². The molecule has 0 aliphatic rings. The fourth-order valence-corrected chi connectivity index (χ4v) is 1.40. The van der Waals surface area contributed by atoms with Crippen LogP contribution in [0.15, 0.2) is 24.3 Å². The smallest absolute Gasteiger partial charge is 0.229 e. The van der Waals surface area contributed by atoms with Gasteiger partial charge in [0.1, 0.15) is 0 Å². The minimum Gasteiger partial charge on any atom is -0.773 e. The molecule has 0 fully saturated rings. The van der Waals surface area contributed by atoms with Gasteiger partial charge in [0, 0.05) is 5.69 Å². The third-order valence-electron chi connectivity index (χ3n) is 1.35. The Morgan fingerprint density at radius 3 is 1.94 bits per heavy atom. The lowest BCUT2D eigenvalue weighted by molar-refractivity contribution is 0.543. The van der Waals surface area contributed by atoms with E-state index < -0.39 is 21.1 Å². The van der Waals surface area contributed by atoms with Gasteiger partial charge in [-0.25, -0.2) is 8.42 Å². The summed E-state index contributed by atoms with van der Waals surface area (Å²) < 4.78 is 41.9. The fourth-order valence-electron chi connectivity index (χ4n) is 0.836. The molecule has 0 amide bonds. The molecule has 7 heteroatoms. The lowest BCUT2D eigenvalue weighted by Crippen LogP contribution is -2.09. The Labute approximate surface area is 98.2 Å². The van der Waals surface area contributed by atoms with E-state index in [0.29, 0.717) is 5.69 Å². The summed E-state index contributed by atoms with van der Waals surface area (Å²) in [6, 6.07) is 7.17. The number of sulfonamides is 1. The van der Waals surface area contributed by atoms with Gasteiger partial charge in [0.15, 0.2) is 0 Å². The van der Waals surface area contributed by atoms with Crippen LogP contribution in [0.3, 0.4) is 0 Å². The lowest BCUT2D eigenvalue weighted by atomic mass is 10.2. The summed E-state index contributed by atoms with van der Waals surface area (Å²) >= 11 is -1.86. The van der Waals surface area contributed by atoms with Gasteiger partial charge in [0.05, 0.1) is 6.26 Å². The molecule has 92 valence electrons. The van der Waals surface area contributed by atoms with Crippen LogP contribution >= 0.6 is 0 Å². The molecule has 0 aliphatic heterocycles. The number of hydrogen-bond donors (Lipinski definition) is 1. The average Bonchev–Trinajstić information content (AvgIpc) is 2.05. The number of hydrogen-bond acceptors (Lipinski definition) is 4. The van der Waals surface area contributed by atoms with Crippen molar-refractivity contribution in [2.45, 2.75) is 6.92 Å². The highest BCUT2D eigenvalue weighted by molar-refractivity contribution is 7.92. The largest absolute Gasteiger partial charge is 0.773 e. The predicted octanol–water partition coefficient (Wildman–Crippen LogP) is 0.862. The highest BCUT2D eigenvalue weighted by Gasteiger charge is 1.99. The van der Waals surface area contributed by atoms with Crippen molar-refractivity contribution >= 4 is 26.8 Å². The summed E-state index contributed by atoms with van der Waals surface area (Å²) in [6.45, 7) is 1.95. The molecule has 1 unspecified atom stereocenters. The summed E-state index contributed by atoms with van der Waals surface area (Å²) in [5, 5.41) is 0. The standard InChI is InChI=1S/C8H11NO2S.CH4O2S/c1-7-3-5-8(6-4-7)9-12(2,10)11;1-4(2)3/h3-6,9H,1-2H3;1H3,(H,2,3)/p-1. The van der Waals surface area contributed by atoms with Crippen LogP contribution in [0.1, 0.15) is 5.56 Å². The zero-order chi connectivity index (χ0) is 12.8. The Morgan fingerprint density at radius 1 is 1.25 bits per heavy atom. The van der Waals surface area contributed by atoms with Gasteiger partial charge in [0.2, 0.25) is 10.0 Å². The SMILES string of the molecule is CS(=O)[O-].Cc1ccc(NS(C)(=O)=O)cc1. The maximum atomic E-state index is 10.8. The van der Waals surface area contributed by atoms with Crippen molar-refractivity contribution in [1.29, 1.82) is 0 Å². The first-order chi connectivity index (χ1) is 7.20. The second kappa shape index (κ2) is 6.62. The molecule has 0 spiro atoms. The molecule has 0 saturated heterocycles. The van der Waals surface area contributed by atoms with Gasteiger partial charge in [-0.15, -0.1) is 0 Å². The zero-order valence-corrected chi connectivity index (χ0v) is 10.9. The molecule has 0 heterocycles. The minimum atomic E-state index is -3.14. The summed E-state index contributed by atoms with van der Waals surface area (Å²) in [4.78, 5) is 0. The normalized spacial score (nSPS) is 12.2. The van der Waals surface area contributed by atoms with Crippen molar-refractivity contribution in [2.24, 2.45) is 0 Å². The molecule has 5 nitrogen and oxygen atoms in total. The Morgan fingerprint density at radius 2 is 1.62 bits per heavy atom. The molecule has 0 bridgehead atoms. The van der Waals surface area contributed by atoms with Crippen LogP contribution in [0.5, 0.6) is 0 Å². The van der Waals surface area contributed by atoms with Crippen molar-refractivity contribution in [1.82, 2.24) is 0 Å². The molecular weight excluding hydrogens is 250 g/mol. The van der Waals surface area contributed by atoms with E-state index in [-0.39, 0.29) is 0 Å². The van der Waals surface area contributed by atoms with Gasteiger partial charge in [0.25, 0.3) is 0 Å². The summed E-state index contributed by atoms with van der Waals surface area (Å²) in [7, 11) is -3.14. The number of aryl methyl sites for hydroxylation is 1. The first kappa shape index (κ1) is 15.1. The van der Waals surface area contributed by atoms with E-state index in [9.17, 15) is 8.42 Å². The fraction of sp³-hybridized carbons (Fsp3) is 0.333. The van der Waals surface area contributed by atoms with Gasteiger partial charge >= 0.3 is 0 Å². The zero-order valence-electron chi connectivity index (χ0n) is 9.26. The molecule has 1 N–H and O–H groups in total. The monoisotopic (exact) mass is 264 g/mol. The molecule has 0 aromatic heterocycles. The quantitative estimate of drug-likeness (QED) is 0.803. The second-order valence-electron chi connectivity index (χ2n) is 3.14. The van der Waals surface area contributed by atoms with Crippen molar-refractivity contribution in [3.05, 3.63) is 29.8 Å². The van der Waals surface area contributed by atoms with Crippen LogP contribution in [0.2, 0.25) is 0 Å². The van der Waals surface area contributed by atoms with Crippen LogP contribution in [0.4, 0.5) is 5.69 Å². The van der Waals surface area contributed by atoms with E-state index in [4.69, 9.17) is 8.76 Å². The molecular formula is C9H14NO4S2-. The second-order valence-corrected chi connectivity index (χ2v) is 5.69. The van der Waals surface area contributed by atoms with E-state index in [2.05, 4.69) is 4.72 Å². The minimum absolute atomic E-state index is 0.600. The number of benzene rings is 1. The van der Waals surface area contributed by atoms with Crippen LogP contribution in [-0.4, -0.2) is 29.7 Å². The Bertz CT molecular complexity index is 435. The molecule has 1 aromatic carbocycles. The van der Waals surface area contributed by atoms with E-state index in [1.807, 2.05) is 19.1 Å². The van der Waals surface area contributed by atoms with E-state index in [0.717, 1.165) is 18.1 Å². The molecule has 1 rings (SSSR count). The van der Waals surface area contributed by atoms with E-state index in [1.165, 1.54) is 0 Å². The lowest BCUT2D eigenvalue weighted by Gasteiger charge is -2.02. The van der Waals surface area contributed by atoms with Gasteiger partial charge < -0.3 is 4.55 Å². The van der Waals surface area contributed by atoms with Crippen LogP contribution in [0.25, 0.3) is 0 Å². The summed E-state index contributed by atoms with van der Waals surface area (Å²) in [5.41, 5.74) is 1.71. The first-order valence-corrected chi connectivity index (χ1v) is 7.63. The van der Waals surface area contributed by atoms with Gasteiger partial charge in [-0.05, 0) is 25.3 Å². The van der Waals surface area contributed by atoms with E-state index in [1.54, 1.807) is 12.1 Å². The maximum Gasteiger partial charge on any atom is 0.229 e. The Kier molecular flexibility index (Phi) is 6.24. The predicted molar refractivity (Wildman–Crippen MR) is 64.5 cm³/mol. The number of nitrogens with one attached hydrogen (secondary N) is 1. The van der Waals surface area contributed by atoms with Crippen LogP contribution in [-0.2, 0) is 21.1 Å². The van der Waals surface area contributed by atoms with E-state index >= 15 is 0 Å². The molecule has 0 aliphatic carbocycles. The Hall–Kier alpha value is -0.920. The maximum absolute atomic E-state index is 10.8. The average molecular weight is 264 g/mol. The number of anilines is 1. The van der Waals surface area contributed by atoms with Gasteiger partial charge in [-0.2, -0.15) is 0 Å². The Balaban J connectivity index is 0.000000487. The third-order valence-corrected chi connectivity index (χ3v) is 1.96. The third kappa shape index (κ3) is 9.63. The molecule has 0 saturated carbocycles. The van der Waals surface area contributed by atoms with Crippen LogP contribution < -0.4 is 4.72 Å². The van der Waals surface area contributed by atoms with Crippen LogP contribution in [0, 0.1) is 6.92 Å². The molecule has 1 aromatic rings. The highest BCUT2D eigenvalue weighted by atomic mass is 32.2. The topological polar surface area (TPSA) is 86.3 Å². The van der Waals surface area contributed by atoms with Crippen molar-refractivity contribution in [3.8, 4) is 0 Å². The molecule has 0 radical (unpaired) electrons. The highest BCUT2D eigenvalue weighted by Crippen LogP contribution is 2.09. The summed E-state index contributed by atoms with van der Waals surface area (Å²) in [5.74, 6) is 0. The molecule has 16 heavy (non-hydrogen) atoms. The van der Waals surface area contributed by atoms with Crippen molar-refractivity contribution in [2.75, 3.05) is 17.2 Å². The number of rotatable bonds is 2.